The van der Waals surface area contributed by atoms with E-state index < -0.39 is 0 Å². The molecule has 23 heavy (non-hydrogen) atoms. The summed E-state index contributed by atoms with van der Waals surface area (Å²) in [4.78, 5) is 12.3. The summed E-state index contributed by atoms with van der Waals surface area (Å²) in [6, 6.07) is 16.3. The van der Waals surface area contributed by atoms with Crippen LogP contribution in [0.3, 0.4) is 0 Å². The van der Waals surface area contributed by atoms with Crippen LogP contribution in [0, 0.1) is 6.92 Å². The molecule has 0 saturated carbocycles. The summed E-state index contributed by atoms with van der Waals surface area (Å²) >= 11 is 3.48. The molecule has 1 heterocycles. The van der Waals surface area contributed by atoms with E-state index in [1.165, 1.54) is 5.56 Å². The van der Waals surface area contributed by atoms with Gasteiger partial charge in [-0.3, -0.25) is 0 Å². The summed E-state index contributed by atoms with van der Waals surface area (Å²) in [7, 11) is 0. The smallest absolute Gasteiger partial charge is 0.354 e. The van der Waals surface area contributed by atoms with Crippen molar-refractivity contribution >= 4 is 32.8 Å². The molecule has 0 unspecified atom stereocenters. The van der Waals surface area contributed by atoms with Crippen molar-refractivity contribution in [3.8, 4) is 0 Å². The molecule has 0 radical (unpaired) electrons. The number of halogens is 1. The number of hydrogen-bond acceptors (Lipinski definition) is 2. The lowest BCUT2D eigenvalue weighted by Gasteiger charge is -2.11. The van der Waals surface area contributed by atoms with Gasteiger partial charge in [0.05, 0.1) is 6.61 Å². The van der Waals surface area contributed by atoms with Gasteiger partial charge in [0.1, 0.15) is 5.69 Å². The van der Waals surface area contributed by atoms with E-state index in [1.807, 2.05) is 35.8 Å². The first-order chi connectivity index (χ1) is 11.1. The average Bonchev–Trinajstić information content (AvgIpc) is 2.87. The minimum absolute atomic E-state index is 0.285. The van der Waals surface area contributed by atoms with Crippen LogP contribution in [0.25, 0.3) is 10.9 Å². The van der Waals surface area contributed by atoms with Crippen LogP contribution < -0.4 is 0 Å². The normalized spacial score (nSPS) is 10.9. The highest BCUT2D eigenvalue weighted by Crippen LogP contribution is 2.25. The minimum atomic E-state index is -0.285. The van der Waals surface area contributed by atoms with Gasteiger partial charge in [0.2, 0.25) is 0 Å². The van der Waals surface area contributed by atoms with Crippen molar-refractivity contribution in [1.29, 1.82) is 0 Å². The third-order valence-corrected chi connectivity index (χ3v) is 4.30. The van der Waals surface area contributed by atoms with Crippen LogP contribution in [-0.2, 0) is 11.3 Å². The monoisotopic (exact) mass is 371 g/mol. The molecule has 0 aliphatic rings. The first kappa shape index (κ1) is 15.8. The van der Waals surface area contributed by atoms with E-state index in [0.29, 0.717) is 18.8 Å². The number of benzene rings is 2. The summed E-state index contributed by atoms with van der Waals surface area (Å²) < 4.78 is 8.23. The fourth-order valence-corrected chi connectivity index (χ4v) is 3.04. The van der Waals surface area contributed by atoms with Gasteiger partial charge in [-0.25, -0.2) is 4.79 Å². The summed E-state index contributed by atoms with van der Waals surface area (Å²) in [6.45, 7) is 4.89. The van der Waals surface area contributed by atoms with Gasteiger partial charge in [0, 0.05) is 21.9 Å². The lowest BCUT2D eigenvalue weighted by atomic mass is 10.1. The van der Waals surface area contributed by atoms with Crippen molar-refractivity contribution in [2.45, 2.75) is 20.4 Å². The van der Waals surface area contributed by atoms with Gasteiger partial charge in [0.15, 0.2) is 0 Å². The maximum absolute atomic E-state index is 12.3. The molecule has 0 saturated heterocycles. The second kappa shape index (κ2) is 6.59. The van der Waals surface area contributed by atoms with E-state index in [-0.39, 0.29) is 5.97 Å². The van der Waals surface area contributed by atoms with E-state index in [1.54, 1.807) is 0 Å². The van der Waals surface area contributed by atoms with Crippen LogP contribution in [0.4, 0.5) is 0 Å². The van der Waals surface area contributed by atoms with Crippen LogP contribution in [0.5, 0.6) is 0 Å². The van der Waals surface area contributed by atoms with Gasteiger partial charge >= 0.3 is 5.97 Å². The van der Waals surface area contributed by atoms with E-state index in [9.17, 15) is 4.79 Å². The third kappa shape index (κ3) is 3.32. The number of carbonyl (C=O) groups is 1. The Morgan fingerprint density at radius 3 is 2.57 bits per heavy atom. The number of hydrogen-bond donors (Lipinski definition) is 0. The van der Waals surface area contributed by atoms with Crippen molar-refractivity contribution in [3.63, 3.8) is 0 Å². The maximum atomic E-state index is 12.3. The van der Waals surface area contributed by atoms with Crippen molar-refractivity contribution in [1.82, 2.24) is 4.57 Å². The quantitative estimate of drug-likeness (QED) is 0.608. The number of aromatic nitrogens is 1. The Balaban J connectivity index is 2.09. The van der Waals surface area contributed by atoms with Gasteiger partial charge in [-0.1, -0.05) is 45.8 Å². The fourth-order valence-electron chi connectivity index (χ4n) is 2.66. The molecule has 0 atom stereocenters. The SMILES string of the molecule is CCOC(=O)c1cc2cc(Br)ccc2n1Cc1ccc(C)cc1. The lowest BCUT2D eigenvalue weighted by Crippen LogP contribution is -2.12. The zero-order valence-electron chi connectivity index (χ0n) is 13.2. The molecule has 3 aromatic rings. The molecule has 0 aliphatic carbocycles. The molecule has 0 fully saturated rings. The number of nitrogens with zero attached hydrogens (tertiary/aromatic N) is 1. The van der Waals surface area contributed by atoms with Crippen LogP contribution in [0.1, 0.15) is 28.5 Å². The Kier molecular flexibility index (Phi) is 4.53. The highest BCUT2D eigenvalue weighted by molar-refractivity contribution is 9.10. The summed E-state index contributed by atoms with van der Waals surface area (Å²) in [5.74, 6) is -0.285. The van der Waals surface area contributed by atoms with Crippen molar-refractivity contribution in [2.24, 2.45) is 0 Å². The number of aryl methyl sites for hydroxylation is 1. The first-order valence-electron chi connectivity index (χ1n) is 7.60. The summed E-state index contributed by atoms with van der Waals surface area (Å²) in [6.07, 6.45) is 0. The standard InChI is InChI=1S/C19H18BrNO2/c1-3-23-19(22)18-11-15-10-16(20)8-9-17(15)21(18)12-14-6-4-13(2)5-7-14/h4-11H,3,12H2,1-2H3. The van der Waals surface area contributed by atoms with Crippen molar-refractivity contribution in [2.75, 3.05) is 6.61 Å². The molecular weight excluding hydrogens is 354 g/mol. The molecule has 3 rings (SSSR count). The van der Waals surface area contributed by atoms with Gasteiger partial charge in [-0.2, -0.15) is 0 Å². The first-order valence-corrected chi connectivity index (χ1v) is 8.39. The van der Waals surface area contributed by atoms with E-state index in [2.05, 4.69) is 47.1 Å². The van der Waals surface area contributed by atoms with Crippen LogP contribution >= 0.6 is 15.9 Å². The minimum Gasteiger partial charge on any atom is -0.461 e. The Hall–Kier alpha value is -2.07. The summed E-state index contributed by atoms with van der Waals surface area (Å²) in [5, 5.41) is 1.02. The van der Waals surface area contributed by atoms with Gasteiger partial charge in [-0.15, -0.1) is 0 Å². The molecule has 2 aromatic carbocycles. The van der Waals surface area contributed by atoms with Gasteiger partial charge in [0.25, 0.3) is 0 Å². The van der Waals surface area contributed by atoms with Crippen LogP contribution in [0.2, 0.25) is 0 Å². The van der Waals surface area contributed by atoms with Crippen molar-refractivity contribution in [3.05, 3.63) is 69.8 Å². The Morgan fingerprint density at radius 2 is 1.87 bits per heavy atom. The number of fused-ring (bicyclic) bond motifs is 1. The predicted molar refractivity (Wildman–Crippen MR) is 95.9 cm³/mol. The Morgan fingerprint density at radius 1 is 1.13 bits per heavy atom. The van der Waals surface area contributed by atoms with Crippen LogP contribution in [0.15, 0.2) is 53.0 Å². The Bertz CT molecular complexity index is 850. The van der Waals surface area contributed by atoms with Crippen LogP contribution in [-0.4, -0.2) is 17.1 Å². The zero-order valence-corrected chi connectivity index (χ0v) is 14.8. The molecule has 0 aliphatic heterocycles. The second-order valence-electron chi connectivity index (χ2n) is 5.52. The van der Waals surface area contributed by atoms with E-state index >= 15 is 0 Å². The number of rotatable bonds is 4. The maximum Gasteiger partial charge on any atom is 0.354 e. The average molecular weight is 372 g/mol. The molecule has 1 aromatic heterocycles. The fraction of sp³-hybridized carbons (Fsp3) is 0.211. The van der Waals surface area contributed by atoms with Gasteiger partial charge in [-0.05, 0) is 43.7 Å². The molecular formula is C19H18BrNO2. The zero-order chi connectivity index (χ0) is 16.4. The molecule has 0 spiro atoms. The molecule has 3 nitrogen and oxygen atoms in total. The topological polar surface area (TPSA) is 31.2 Å². The second-order valence-corrected chi connectivity index (χ2v) is 6.44. The van der Waals surface area contributed by atoms with E-state index in [4.69, 9.17) is 4.74 Å². The largest absolute Gasteiger partial charge is 0.461 e. The number of esters is 1. The predicted octanol–water partition coefficient (Wildman–Crippen LogP) is 4.94. The number of ether oxygens (including phenoxy) is 1. The van der Waals surface area contributed by atoms with E-state index in [0.717, 1.165) is 20.9 Å². The molecule has 4 heteroatoms. The number of carbonyl (C=O) groups excluding carboxylic acids is 1. The molecule has 0 bridgehead atoms. The summed E-state index contributed by atoms with van der Waals surface area (Å²) in [5.41, 5.74) is 3.99. The Labute approximate surface area is 144 Å². The highest BCUT2D eigenvalue weighted by Gasteiger charge is 2.17. The molecule has 118 valence electrons. The lowest BCUT2D eigenvalue weighted by molar-refractivity contribution is 0.0515. The molecule has 0 amide bonds. The third-order valence-electron chi connectivity index (χ3n) is 3.81. The molecule has 0 N–H and O–H groups in total. The highest BCUT2D eigenvalue weighted by atomic mass is 79.9. The van der Waals surface area contributed by atoms with Crippen molar-refractivity contribution < 1.29 is 9.53 Å². The van der Waals surface area contributed by atoms with Gasteiger partial charge < -0.3 is 9.30 Å².